The first-order chi connectivity index (χ1) is 11.8. The zero-order valence-electron chi connectivity index (χ0n) is 14.4. The molecule has 2 rings (SSSR count). The Balaban J connectivity index is 1.98. The van der Waals surface area contributed by atoms with Crippen molar-refractivity contribution < 1.29 is 18.7 Å². The minimum Gasteiger partial charge on any atom is -0.478 e. The molecule has 134 valence electrons. The highest BCUT2D eigenvalue weighted by atomic mass is 35.5. The van der Waals surface area contributed by atoms with Crippen LogP contribution in [0, 0.1) is 5.82 Å². The SMILES string of the molecule is COC(CNC(=O)C(C)(C)Oc1ccc(Cl)cc1)c1cccc(F)c1. The molecule has 0 aliphatic carbocycles. The second-order valence-electron chi connectivity index (χ2n) is 6.06. The van der Waals surface area contributed by atoms with Gasteiger partial charge in [-0.3, -0.25) is 4.79 Å². The first-order valence-electron chi connectivity index (χ1n) is 7.83. The molecule has 1 atom stereocenters. The van der Waals surface area contributed by atoms with Crippen molar-refractivity contribution in [3.05, 3.63) is 64.9 Å². The summed E-state index contributed by atoms with van der Waals surface area (Å²) >= 11 is 5.84. The molecule has 1 unspecified atom stereocenters. The Morgan fingerprint density at radius 3 is 2.52 bits per heavy atom. The van der Waals surface area contributed by atoms with Crippen LogP contribution in [0.25, 0.3) is 0 Å². The van der Waals surface area contributed by atoms with Gasteiger partial charge in [-0.05, 0) is 55.8 Å². The average molecular weight is 366 g/mol. The molecule has 0 bridgehead atoms. The van der Waals surface area contributed by atoms with E-state index in [9.17, 15) is 9.18 Å². The summed E-state index contributed by atoms with van der Waals surface area (Å²) in [5.74, 6) is -0.115. The Bertz CT molecular complexity index is 719. The summed E-state index contributed by atoms with van der Waals surface area (Å²) in [7, 11) is 1.51. The Kier molecular flexibility index (Phi) is 6.39. The van der Waals surface area contributed by atoms with Gasteiger partial charge >= 0.3 is 0 Å². The number of carbonyl (C=O) groups excluding carboxylic acids is 1. The molecule has 0 aliphatic rings. The summed E-state index contributed by atoms with van der Waals surface area (Å²) in [6.07, 6.45) is -0.453. The third-order valence-electron chi connectivity index (χ3n) is 3.69. The number of hydrogen-bond donors (Lipinski definition) is 1. The molecule has 0 radical (unpaired) electrons. The van der Waals surface area contributed by atoms with Crippen LogP contribution < -0.4 is 10.1 Å². The van der Waals surface area contributed by atoms with Crippen molar-refractivity contribution in [1.82, 2.24) is 5.32 Å². The summed E-state index contributed by atoms with van der Waals surface area (Å²) < 4.78 is 24.4. The Hall–Kier alpha value is -2.11. The first-order valence-corrected chi connectivity index (χ1v) is 8.21. The maximum absolute atomic E-state index is 13.4. The number of methoxy groups -OCH3 is 1. The third kappa shape index (κ3) is 5.44. The van der Waals surface area contributed by atoms with Crippen LogP contribution in [0.5, 0.6) is 5.75 Å². The fourth-order valence-corrected chi connectivity index (χ4v) is 2.41. The minimum atomic E-state index is -1.09. The van der Waals surface area contributed by atoms with Crippen LogP contribution in [0.15, 0.2) is 48.5 Å². The standard InChI is InChI=1S/C19H21ClFNO3/c1-19(2,25-16-9-7-14(20)8-10-16)18(23)22-12-17(24-3)13-5-4-6-15(21)11-13/h4-11,17H,12H2,1-3H3,(H,22,23). The van der Waals surface area contributed by atoms with Gasteiger partial charge in [0.05, 0.1) is 6.10 Å². The number of hydrogen-bond acceptors (Lipinski definition) is 3. The lowest BCUT2D eigenvalue weighted by atomic mass is 10.1. The molecule has 6 heteroatoms. The van der Waals surface area contributed by atoms with E-state index in [2.05, 4.69) is 5.32 Å². The average Bonchev–Trinajstić information content (AvgIpc) is 2.57. The molecule has 2 aromatic rings. The first kappa shape index (κ1) is 19.2. The van der Waals surface area contributed by atoms with Crippen LogP contribution in [0.4, 0.5) is 4.39 Å². The Morgan fingerprint density at radius 2 is 1.92 bits per heavy atom. The maximum Gasteiger partial charge on any atom is 0.263 e. The molecule has 0 aliphatic heterocycles. The van der Waals surface area contributed by atoms with E-state index in [4.69, 9.17) is 21.1 Å². The van der Waals surface area contributed by atoms with Crippen LogP contribution in [0.1, 0.15) is 25.5 Å². The third-order valence-corrected chi connectivity index (χ3v) is 3.94. The molecule has 0 aromatic heterocycles. The van der Waals surface area contributed by atoms with Crippen LogP contribution in [0.2, 0.25) is 5.02 Å². The molecule has 2 aromatic carbocycles. The van der Waals surface area contributed by atoms with E-state index in [1.165, 1.54) is 19.2 Å². The van der Waals surface area contributed by atoms with Crippen molar-refractivity contribution in [3.63, 3.8) is 0 Å². The van der Waals surface area contributed by atoms with E-state index < -0.39 is 11.7 Å². The van der Waals surface area contributed by atoms with E-state index in [0.717, 1.165) is 0 Å². The van der Waals surface area contributed by atoms with Crippen molar-refractivity contribution >= 4 is 17.5 Å². The summed E-state index contributed by atoms with van der Waals surface area (Å²) in [6.45, 7) is 3.54. The smallest absolute Gasteiger partial charge is 0.263 e. The molecule has 0 spiro atoms. The number of halogens is 2. The second-order valence-corrected chi connectivity index (χ2v) is 6.49. The summed E-state index contributed by atoms with van der Waals surface area (Å²) in [5, 5.41) is 3.38. The van der Waals surface area contributed by atoms with Crippen molar-refractivity contribution in [2.45, 2.75) is 25.6 Å². The van der Waals surface area contributed by atoms with Crippen molar-refractivity contribution in [3.8, 4) is 5.75 Å². The molecule has 4 nitrogen and oxygen atoms in total. The molecule has 0 saturated heterocycles. The normalized spacial score (nSPS) is 12.5. The zero-order chi connectivity index (χ0) is 18.4. The van der Waals surface area contributed by atoms with Gasteiger partial charge in [0, 0.05) is 18.7 Å². The van der Waals surface area contributed by atoms with Gasteiger partial charge in [0.15, 0.2) is 5.60 Å². The molecule has 25 heavy (non-hydrogen) atoms. The van der Waals surface area contributed by atoms with Crippen molar-refractivity contribution in [2.24, 2.45) is 0 Å². The zero-order valence-corrected chi connectivity index (χ0v) is 15.1. The van der Waals surface area contributed by atoms with Crippen LogP contribution >= 0.6 is 11.6 Å². The van der Waals surface area contributed by atoms with Gasteiger partial charge in [0.1, 0.15) is 11.6 Å². The molecular weight excluding hydrogens is 345 g/mol. The van der Waals surface area contributed by atoms with Crippen molar-refractivity contribution in [2.75, 3.05) is 13.7 Å². The van der Waals surface area contributed by atoms with Gasteiger partial charge in [-0.1, -0.05) is 23.7 Å². The highest BCUT2D eigenvalue weighted by Gasteiger charge is 2.30. The fraction of sp³-hybridized carbons (Fsp3) is 0.316. The van der Waals surface area contributed by atoms with E-state index in [1.807, 2.05) is 0 Å². The summed E-state index contributed by atoms with van der Waals surface area (Å²) in [6, 6.07) is 12.9. The second kappa shape index (κ2) is 8.32. The molecule has 0 fully saturated rings. The maximum atomic E-state index is 13.4. The lowest BCUT2D eigenvalue weighted by Crippen LogP contribution is -2.47. The van der Waals surface area contributed by atoms with E-state index in [1.54, 1.807) is 50.2 Å². The highest BCUT2D eigenvalue weighted by Crippen LogP contribution is 2.22. The van der Waals surface area contributed by atoms with Gasteiger partial charge in [-0.25, -0.2) is 4.39 Å². The number of carbonyl (C=O) groups is 1. The molecular formula is C19H21ClFNO3. The predicted octanol–water partition coefficient (Wildman–Crippen LogP) is 4.14. The van der Waals surface area contributed by atoms with Crippen LogP contribution in [-0.4, -0.2) is 25.2 Å². The van der Waals surface area contributed by atoms with Gasteiger partial charge in [-0.15, -0.1) is 0 Å². The van der Waals surface area contributed by atoms with Crippen LogP contribution in [0.3, 0.4) is 0 Å². The van der Waals surface area contributed by atoms with E-state index in [0.29, 0.717) is 16.3 Å². The van der Waals surface area contributed by atoms with E-state index >= 15 is 0 Å². The van der Waals surface area contributed by atoms with Gasteiger partial charge in [0.25, 0.3) is 5.91 Å². The quantitative estimate of drug-likeness (QED) is 0.802. The van der Waals surface area contributed by atoms with Gasteiger partial charge in [0.2, 0.25) is 0 Å². The topological polar surface area (TPSA) is 47.6 Å². The largest absolute Gasteiger partial charge is 0.478 e. The van der Waals surface area contributed by atoms with Gasteiger partial charge < -0.3 is 14.8 Å². The number of benzene rings is 2. The summed E-state index contributed by atoms with van der Waals surface area (Å²) in [4.78, 5) is 12.5. The highest BCUT2D eigenvalue weighted by molar-refractivity contribution is 6.30. The van der Waals surface area contributed by atoms with Crippen molar-refractivity contribution in [1.29, 1.82) is 0 Å². The predicted molar refractivity (Wildman–Crippen MR) is 95.3 cm³/mol. The lowest BCUT2D eigenvalue weighted by Gasteiger charge is -2.26. The Morgan fingerprint density at radius 1 is 1.24 bits per heavy atom. The number of ether oxygens (including phenoxy) is 2. The molecule has 0 saturated carbocycles. The summed E-state index contributed by atoms with van der Waals surface area (Å²) in [5.41, 5.74) is -0.437. The number of amides is 1. The minimum absolute atomic E-state index is 0.201. The fourth-order valence-electron chi connectivity index (χ4n) is 2.29. The number of rotatable bonds is 7. The number of nitrogens with one attached hydrogen (secondary N) is 1. The van der Waals surface area contributed by atoms with Gasteiger partial charge in [-0.2, -0.15) is 0 Å². The van der Waals surface area contributed by atoms with E-state index in [-0.39, 0.29) is 18.3 Å². The molecule has 1 amide bonds. The molecule has 1 N–H and O–H groups in total. The molecule has 0 heterocycles. The van der Waals surface area contributed by atoms with Crippen LogP contribution in [-0.2, 0) is 9.53 Å². The monoisotopic (exact) mass is 365 g/mol. The lowest BCUT2D eigenvalue weighted by molar-refractivity contribution is -0.134. The Labute approximate surface area is 151 Å².